The van der Waals surface area contributed by atoms with E-state index in [1.165, 1.54) is 13.2 Å². The van der Waals surface area contributed by atoms with Gasteiger partial charge < -0.3 is 19.7 Å². The smallest absolute Gasteiger partial charge is 0.330 e. The van der Waals surface area contributed by atoms with Crippen molar-refractivity contribution in [3.63, 3.8) is 0 Å². The molecule has 1 aliphatic rings. The maximum absolute atomic E-state index is 11.1. The zero-order chi connectivity index (χ0) is 20.0. The first kappa shape index (κ1) is 23.9. The van der Waals surface area contributed by atoms with E-state index in [1.807, 2.05) is 6.08 Å². The number of rotatable bonds is 14. The fraction of sp³-hybridized carbons (Fsp3) is 0.773. The van der Waals surface area contributed by atoms with Gasteiger partial charge in [-0.1, -0.05) is 37.5 Å². The number of carbonyl (C=O) groups excluding carboxylic acids is 1. The third-order valence-corrected chi connectivity index (χ3v) is 5.59. The number of ether oxygens (including phenoxy) is 2. The van der Waals surface area contributed by atoms with Crippen LogP contribution in [0.2, 0.25) is 0 Å². The number of hydrogen-bond donors (Lipinski definition) is 2. The lowest BCUT2D eigenvalue weighted by molar-refractivity contribution is -0.134. The molecule has 1 rings (SSSR count). The minimum atomic E-state index is -0.338. The van der Waals surface area contributed by atoms with Crippen molar-refractivity contribution < 1.29 is 24.5 Å². The van der Waals surface area contributed by atoms with Gasteiger partial charge in [-0.2, -0.15) is 0 Å². The molecule has 0 aromatic carbocycles. The number of aliphatic hydroxyl groups is 2. The Morgan fingerprint density at radius 1 is 1.07 bits per heavy atom. The van der Waals surface area contributed by atoms with E-state index in [9.17, 15) is 9.90 Å². The number of carbonyl (C=O) groups is 1. The Morgan fingerprint density at radius 3 is 2.48 bits per heavy atom. The molecule has 2 N–H and O–H groups in total. The van der Waals surface area contributed by atoms with Crippen molar-refractivity contribution in [3.05, 3.63) is 24.3 Å². The zero-order valence-corrected chi connectivity index (χ0v) is 17.1. The highest BCUT2D eigenvalue weighted by atomic mass is 16.5. The predicted octanol–water partition coefficient (Wildman–Crippen LogP) is 3.93. The Bertz CT molecular complexity index is 460. The van der Waals surface area contributed by atoms with Gasteiger partial charge in [0.25, 0.3) is 0 Å². The summed E-state index contributed by atoms with van der Waals surface area (Å²) in [4.78, 5) is 11.1. The van der Waals surface area contributed by atoms with Crippen LogP contribution in [-0.4, -0.2) is 48.7 Å². The Labute approximate surface area is 164 Å². The van der Waals surface area contributed by atoms with E-state index >= 15 is 0 Å². The Morgan fingerprint density at radius 2 is 1.78 bits per heavy atom. The normalized spacial score (nSPS) is 25.6. The largest absolute Gasteiger partial charge is 0.466 e. The Hall–Kier alpha value is -1.17. The quantitative estimate of drug-likeness (QED) is 0.206. The summed E-state index contributed by atoms with van der Waals surface area (Å²) >= 11 is 0. The molecule has 0 aromatic heterocycles. The van der Waals surface area contributed by atoms with Gasteiger partial charge in [0, 0.05) is 25.7 Å². The van der Waals surface area contributed by atoms with Crippen LogP contribution in [0.5, 0.6) is 0 Å². The third-order valence-electron chi connectivity index (χ3n) is 5.59. The number of aliphatic hydroxyl groups excluding tert-OH is 2. The van der Waals surface area contributed by atoms with Gasteiger partial charge in [-0.05, 0) is 51.4 Å². The van der Waals surface area contributed by atoms with E-state index in [0.29, 0.717) is 0 Å². The summed E-state index contributed by atoms with van der Waals surface area (Å²) in [7, 11) is 3.13. The van der Waals surface area contributed by atoms with Crippen molar-refractivity contribution in [2.75, 3.05) is 20.8 Å². The van der Waals surface area contributed by atoms with E-state index in [4.69, 9.17) is 9.84 Å². The van der Waals surface area contributed by atoms with Crippen molar-refractivity contribution in [3.8, 4) is 0 Å². The summed E-state index contributed by atoms with van der Waals surface area (Å²) in [5.74, 6) is -0.269. The van der Waals surface area contributed by atoms with Crippen LogP contribution in [0.4, 0.5) is 0 Å². The van der Waals surface area contributed by atoms with Gasteiger partial charge in [-0.25, -0.2) is 4.79 Å². The van der Waals surface area contributed by atoms with Crippen molar-refractivity contribution in [2.24, 2.45) is 5.92 Å². The van der Waals surface area contributed by atoms with Gasteiger partial charge in [0.05, 0.1) is 18.8 Å². The van der Waals surface area contributed by atoms with E-state index in [-0.39, 0.29) is 30.2 Å². The molecule has 1 unspecified atom stereocenters. The molecule has 27 heavy (non-hydrogen) atoms. The second-order valence-corrected chi connectivity index (χ2v) is 7.43. The number of unbranched alkanes of at least 4 members (excludes halogenated alkanes) is 6. The molecule has 0 spiro atoms. The highest BCUT2D eigenvalue weighted by molar-refractivity contribution is 5.81. The van der Waals surface area contributed by atoms with Crippen LogP contribution in [0.15, 0.2) is 24.3 Å². The van der Waals surface area contributed by atoms with Crippen LogP contribution in [0.25, 0.3) is 0 Å². The molecule has 0 radical (unpaired) electrons. The predicted molar refractivity (Wildman–Crippen MR) is 107 cm³/mol. The Kier molecular flexibility index (Phi) is 12.3. The minimum Gasteiger partial charge on any atom is -0.466 e. The first-order valence-corrected chi connectivity index (χ1v) is 10.3. The molecule has 1 saturated carbocycles. The van der Waals surface area contributed by atoms with Gasteiger partial charge in [0.2, 0.25) is 0 Å². The molecule has 0 aromatic rings. The zero-order valence-electron chi connectivity index (χ0n) is 17.1. The maximum atomic E-state index is 11.1. The summed E-state index contributed by atoms with van der Waals surface area (Å²) in [5, 5.41) is 19.2. The first-order chi connectivity index (χ1) is 13.1. The molecule has 5 heteroatoms. The molecule has 156 valence electrons. The molecule has 0 bridgehead atoms. The van der Waals surface area contributed by atoms with Crippen LogP contribution >= 0.6 is 0 Å². The van der Waals surface area contributed by atoms with Gasteiger partial charge in [-0.15, -0.1) is 0 Å². The average Bonchev–Trinajstić information content (AvgIpc) is 2.99. The van der Waals surface area contributed by atoms with Crippen LogP contribution in [-0.2, 0) is 14.3 Å². The fourth-order valence-electron chi connectivity index (χ4n) is 3.93. The number of hydrogen-bond acceptors (Lipinski definition) is 5. The van der Waals surface area contributed by atoms with Crippen molar-refractivity contribution in [1.29, 1.82) is 0 Å². The summed E-state index contributed by atoms with van der Waals surface area (Å²) in [6.45, 7) is 0.277. The van der Waals surface area contributed by atoms with E-state index in [2.05, 4.69) is 16.9 Å². The molecule has 0 heterocycles. The average molecular weight is 383 g/mol. The minimum absolute atomic E-state index is 0.0468. The lowest BCUT2D eigenvalue weighted by Gasteiger charge is -2.34. The monoisotopic (exact) mass is 382 g/mol. The number of methoxy groups -OCH3 is 2. The topological polar surface area (TPSA) is 76.0 Å². The number of esters is 1. The third kappa shape index (κ3) is 8.58. The van der Waals surface area contributed by atoms with Gasteiger partial charge >= 0.3 is 5.97 Å². The SMILES string of the molecule is COC(=O)C=CCCCCC1(OC)CC[C@H](O)[C@H]1C=CCCCCCCO. The highest BCUT2D eigenvalue weighted by Crippen LogP contribution is 2.43. The van der Waals surface area contributed by atoms with Crippen LogP contribution < -0.4 is 0 Å². The van der Waals surface area contributed by atoms with Crippen LogP contribution in [0, 0.1) is 5.92 Å². The molecule has 1 fully saturated rings. The van der Waals surface area contributed by atoms with E-state index < -0.39 is 0 Å². The standard InChI is InChI=1S/C22H38O5/c1-26-21(25)14-10-6-7-11-16-22(27-2)17-15-20(24)19(22)13-9-5-3-4-8-12-18-23/h9-10,13-14,19-20,23-24H,3-8,11-12,15-18H2,1-2H3/t19-,20+,22?/m1/s1. The summed E-state index contributed by atoms with van der Waals surface area (Å²) in [6, 6.07) is 0. The van der Waals surface area contributed by atoms with Crippen LogP contribution in [0.1, 0.15) is 70.6 Å². The molecule has 1 aliphatic carbocycles. The molecule has 5 nitrogen and oxygen atoms in total. The lowest BCUT2D eigenvalue weighted by atomic mass is 9.84. The summed E-state index contributed by atoms with van der Waals surface area (Å²) in [6.07, 6.45) is 17.9. The van der Waals surface area contributed by atoms with E-state index in [0.717, 1.165) is 70.6 Å². The fourth-order valence-corrected chi connectivity index (χ4v) is 3.93. The Balaban J connectivity index is 2.43. The van der Waals surface area contributed by atoms with Crippen molar-refractivity contribution >= 4 is 5.97 Å². The first-order valence-electron chi connectivity index (χ1n) is 10.3. The van der Waals surface area contributed by atoms with Gasteiger partial charge in [0.15, 0.2) is 0 Å². The molecule has 0 aliphatic heterocycles. The molecule has 0 amide bonds. The second-order valence-electron chi connectivity index (χ2n) is 7.43. The highest BCUT2D eigenvalue weighted by Gasteiger charge is 2.46. The van der Waals surface area contributed by atoms with Crippen LogP contribution in [0.3, 0.4) is 0 Å². The molecule has 0 saturated heterocycles. The molecule has 3 atom stereocenters. The number of allylic oxidation sites excluding steroid dienone is 2. The van der Waals surface area contributed by atoms with Gasteiger partial charge in [-0.3, -0.25) is 0 Å². The summed E-state index contributed by atoms with van der Waals surface area (Å²) < 4.78 is 10.5. The summed E-state index contributed by atoms with van der Waals surface area (Å²) in [5.41, 5.74) is -0.279. The molecular weight excluding hydrogens is 344 g/mol. The van der Waals surface area contributed by atoms with Crippen molar-refractivity contribution in [1.82, 2.24) is 0 Å². The van der Waals surface area contributed by atoms with Gasteiger partial charge in [0.1, 0.15) is 0 Å². The maximum Gasteiger partial charge on any atom is 0.330 e. The second kappa shape index (κ2) is 13.9. The van der Waals surface area contributed by atoms with E-state index in [1.54, 1.807) is 7.11 Å². The lowest BCUT2D eigenvalue weighted by Crippen LogP contribution is -2.38. The van der Waals surface area contributed by atoms with Crippen molar-refractivity contribution in [2.45, 2.75) is 82.3 Å². The molecular formula is C22H38O5.